The van der Waals surface area contributed by atoms with Crippen molar-refractivity contribution in [2.45, 2.75) is 0 Å². The van der Waals surface area contributed by atoms with E-state index in [1.165, 1.54) is 17.7 Å². The molecule has 8 heteroatoms. The molecule has 0 aliphatic carbocycles. The molecule has 0 bridgehead atoms. The fourth-order valence-electron chi connectivity index (χ4n) is 2.07. The van der Waals surface area contributed by atoms with Crippen LogP contribution in [0.1, 0.15) is 0 Å². The normalized spacial score (nSPS) is 11.4. The fraction of sp³-hybridized carbons (Fsp3) is 0. The smallest absolute Gasteiger partial charge is 0.183 e. The summed E-state index contributed by atoms with van der Waals surface area (Å²) >= 11 is 1.44. The Hall–Kier alpha value is -2.74. The molecule has 3 heterocycles. The molecule has 3 aromatic heterocycles. The highest BCUT2D eigenvalue weighted by atomic mass is 32.1. The van der Waals surface area contributed by atoms with Gasteiger partial charge in [0.15, 0.2) is 16.6 Å². The Kier molecular flexibility index (Phi) is 2.15. The maximum Gasteiger partial charge on any atom is 0.183 e. The largest absolute Gasteiger partial charge is 0.382 e. The molecule has 5 N–H and O–H groups in total. The summed E-state index contributed by atoms with van der Waals surface area (Å²) in [6, 6.07) is 5.84. The molecular formula is C12H9N7S. The molecule has 0 saturated carbocycles. The van der Waals surface area contributed by atoms with Gasteiger partial charge < -0.3 is 16.5 Å². The summed E-state index contributed by atoms with van der Waals surface area (Å²) in [6.07, 6.45) is 1.40. The third-order valence-electron chi connectivity index (χ3n) is 3.00. The highest BCUT2D eigenvalue weighted by molar-refractivity contribution is 7.22. The number of anilines is 2. The number of H-pyrrole nitrogens is 1. The predicted octanol–water partition coefficient (Wildman–Crippen LogP) is 1.79. The Bertz CT molecular complexity index is 939. The van der Waals surface area contributed by atoms with Crippen molar-refractivity contribution in [1.82, 2.24) is 24.9 Å². The number of nitrogens with zero attached hydrogens (tertiary/aromatic N) is 4. The average molecular weight is 283 g/mol. The lowest BCUT2D eigenvalue weighted by Crippen LogP contribution is -1.91. The van der Waals surface area contributed by atoms with Crippen LogP contribution < -0.4 is 11.5 Å². The van der Waals surface area contributed by atoms with Gasteiger partial charge in [0.1, 0.15) is 17.7 Å². The van der Waals surface area contributed by atoms with Crippen LogP contribution in [0.4, 0.5) is 10.9 Å². The van der Waals surface area contributed by atoms with Gasteiger partial charge >= 0.3 is 0 Å². The zero-order chi connectivity index (χ0) is 13.7. The molecule has 0 amide bonds. The molecule has 7 nitrogen and oxygen atoms in total. The molecule has 0 saturated heterocycles. The van der Waals surface area contributed by atoms with Crippen molar-refractivity contribution in [3.63, 3.8) is 0 Å². The van der Waals surface area contributed by atoms with Crippen LogP contribution in [0.25, 0.3) is 32.8 Å². The van der Waals surface area contributed by atoms with Gasteiger partial charge in [0.25, 0.3) is 0 Å². The molecule has 0 unspecified atom stereocenters. The number of fused-ring (bicyclic) bond motifs is 2. The van der Waals surface area contributed by atoms with Gasteiger partial charge in [-0.2, -0.15) is 0 Å². The van der Waals surface area contributed by atoms with Gasteiger partial charge in [0.2, 0.25) is 0 Å². The molecule has 98 valence electrons. The van der Waals surface area contributed by atoms with E-state index in [4.69, 9.17) is 11.5 Å². The van der Waals surface area contributed by atoms with E-state index < -0.39 is 0 Å². The fourth-order valence-corrected chi connectivity index (χ4v) is 2.85. The van der Waals surface area contributed by atoms with E-state index in [0.29, 0.717) is 27.9 Å². The molecule has 4 aromatic rings. The summed E-state index contributed by atoms with van der Waals surface area (Å²) < 4.78 is 1.01. The van der Waals surface area contributed by atoms with Crippen molar-refractivity contribution in [3.05, 3.63) is 24.5 Å². The minimum atomic E-state index is 0.386. The van der Waals surface area contributed by atoms with Crippen LogP contribution in [0.15, 0.2) is 24.5 Å². The number of aromatic amines is 1. The highest BCUT2D eigenvalue weighted by Gasteiger charge is 2.10. The monoisotopic (exact) mass is 283 g/mol. The van der Waals surface area contributed by atoms with Gasteiger partial charge in [0, 0.05) is 5.56 Å². The third kappa shape index (κ3) is 1.58. The van der Waals surface area contributed by atoms with E-state index in [1.807, 2.05) is 18.2 Å². The van der Waals surface area contributed by atoms with Crippen LogP contribution in [0, 0.1) is 0 Å². The van der Waals surface area contributed by atoms with Crippen LogP contribution in [0.2, 0.25) is 0 Å². The van der Waals surface area contributed by atoms with Crippen LogP contribution in [-0.2, 0) is 0 Å². The maximum absolute atomic E-state index is 5.79. The minimum absolute atomic E-state index is 0.386. The van der Waals surface area contributed by atoms with E-state index in [-0.39, 0.29) is 0 Å². The standard InChI is InChI=1S/C12H9N7S/c13-9-8-11(16-4-15-9)19-10(18-8)5-1-2-6-7(3-5)20-12(14)17-6/h1-4H,(H2,14,17)(H3,13,15,16,18,19). The number of benzene rings is 1. The number of aromatic nitrogens is 5. The number of thiazole rings is 1. The van der Waals surface area contributed by atoms with E-state index in [1.54, 1.807) is 0 Å². The second kappa shape index (κ2) is 3.87. The third-order valence-corrected chi connectivity index (χ3v) is 3.84. The van der Waals surface area contributed by atoms with E-state index in [2.05, 4.69) is 24.9 Å². The molecule has 20 heavy (non-hydrogen) atoms. The van der Waals surface area contributed by atoms with E-state index >= 15 is 0 Å². The summed E-state index contributed by atoms with van der Waals surface area (Å²) in [6.45, 7) is 0. The molecule has 4 rings (SSSR count). The molecule has 1 aromatic carbocycles. The Morgan fingerprint density at radius 2 is 2.00 bits per heavy atom. The highest BCUT2D eigenvalue weighted by Crippen LogP contribution is 2.29. The average Bonchev–Trinajstić information content (AvgIpc) is 3.00. The maximum atomic E-state index is 5.79. The zero-order valence-electron chi connectivity index (χ0n) is 10.2. The van der Waals surface area contributed by atoms with Gasteiger partial charge in [-0.15, -0.1) is 0 Å². The molecule has 0 aliphatic rings. The Morgan fingerprint density at radius 3 is 2.85 bits per heavy atom. The minimum Gasteiger partial charge on any atom is -0.382 e. The summed E-state index contributed by atoms with van der Waals surface area (Å²) in [7, 11) is 0. The lowest BCUT2D eigenvalue weighted by Gasteiger charge is -1.95. The first-order chi connectivity index (χ1) is 9.70. The van der Waals surface area contributed by atoms with Crippen molar-refractivity contribution in [1.29, 1.82) is 0 Å². The predicted molar refractivity (Wildman–Crippen MR) is 79.1 cm³/mol. The van der Waals surface area contributed by atoms with Gasteiger partial charge in [-0.1, -0.05) is 11.3 Å². The second-order valence-corrected chi connectivity index (χ2v) is 5.34. The molecule has 0 spiro atoms. The summed E-state index contributed by atoms with van der Waals surface area (Å²) in [5.41, 5.74) is 14.5. The summed E-state index contributed by atoms with van der Waals surface area (Å²) in [5, 5.41) is 0.553. The first-order valence-corrected chi connectivity index (χ1v) is 6.65. The number of nitrogens with two attached hydrogens (primary N) is 2. The first-order valence-electron chi connectivity index (χ1n) is 5.83. The zero-order valence-corrected chi connectivity index (χ0v) is 11.0. The van der Waals surface area contributed by atoms with Gasteiger partial charge in [0.05, 0.1) is 10.2 Å². The Labute approximate surface area is 116 Å². The van der Waals surface area contributed by atoms with Crippen molar-refractivity contribution in [2.75, 3.05) is 11.5 Å². The van der Waals surface area contributed by atoms with Gasteiger partial charge in [-0.25, -0.2) is 19.9 Å². The molecular weight excluding hydrogens is 274 g/mol. The summed E-state index contributed by atoms with van der Waals surface area (Å²) in [5.74, 6) is 1.08. The number of hydrogen-bond donors (Lipinski definition) is 3. The quantitative estimate of drug-likeness (QED) is 0.490. The number of nitrogen functional groups attached to an aromatic ring is 2. The van der Waals surface area contributed by atoms with E-state index in [0.717, 1.165) is 15.8 Å². The Balaban J connectivity index is 1.93. The lowest BCUT2D eigenvalue weighted by molar-refractivity contribution is 1.21. The van der Waals surface area contributed by atoms with Crippen molar-refractivity contribution in [2.24, 2.45) is 0 Å². The molecule has 0 radical (unpaired) electrons. The number of hydrogen-bond acceptors (Lipinski definition) is 7. The topological polar surface area (TPSA) is 119 Å². The lowest BCUT2D eigenvalue weighted by atomic mass is 10.2. The Morgan fingerprint density at radius 1 is 1.10 bits per heavy atom. The van der Waals surface area contributed by atoms with Crippen LogP contribution in [0.3, 0.4) is 0 Å². The molecule has 0 atom stereocenters. The van der Waals surface area contributed by atoms with Crippen molar-refractivity contribution in [3.8, 4) is 11.4 Å². The number of nitrogens with one attached hydrogen (secondary N) is 1. The van der Waals surface area contributed by atoms with Crippen LogP contribution in [0.5, 0.6) is 0 Å². The van der Waals surface area contributed by atoms with E-state index in [9.17, 15) is 0 Å². The van der Waals surface area contributed by atoms with Crippen molar-refractivity contribution >= 4 is 43.7 Å². The van der Waals surface area contributed by atoms with Crippen LogP contribution >= 0.6 is 11.3 Å². The van der Waals surface area contributed by atoms with Crippen molar-refractivity contribution < 1.29 is 0 Å². The SMILES string of the molecule is Nc1nc2ccc(-c3nc4ncnc(N)c4[nH]3)cc2s1. The van der Waals surface area contributed by atoms with Gasteiger partial charge in [-0.3, -0.25) is 0 Å². The molecule has 0 fully saturated rings. The number of rotatable bonds is 1. The molecule has 0 aliphatic heterocycles. The van der Waals surface area contributed by atoms with Gasteiger partial charge in [-0.05, 0) is 18.2 Å². The second-order valence-electron chi connectivity index (χ2n) is 4.28. The first kappa shape index (κ1) is 11.1. The number of imidazole rings is 1. The summed E-state index contributed by atoms with van der Waals surface area (Å²) in [4.78, 5) is 19.8. The van der Waals surface area contributed by atoms with Crippen LogP contribution in [-0.4, -0.2) is 24.9 Å².